The molecule has 2 rings (SSSR count). The maximum absolute atomic E-state index is 12.4. The lowest BCUT2D eigenvalue weighted by Gasteiger charge is -2.11. The molecule has 0 aliphatic carbocycles. The fourth-order valence-corrected chi connectivity index (χ4v) is 3.20. The largest absolute Gasteiger partial charge is 0.449 e. The third-order valence-electron chi connectivity index (χ3n) is 3.53. The Kier molecular flexibility index (Phi) is 6.41. The van der Waals surface area contributed by atoms with Crippen LogP contribution in [0.15, 0.2) is 53.4 Å². The summed E-state index contributed by atoms with van der Waals surface area (Å²) in [6.45, 7) is 4.19. The molecule has 0 radical (unpaired) electrons. The minimum atomic E-state index is -3.69. The Morgan fingerprint density at radius 1 is 1.08 bits per heavy atom. The van der Waals surface area contributed by atoms with E-state index in [2.05, 4.69) is 10.0 Å². The maximum atomic E-state index is 12.4. The number of para-hydroxylation sites is 1. The molecule has 2 aromatic rings. The number of amides is 1. The first kappa shape index (κ1) is 18.8. The molecule has 7 heteroatoms. The fourth-order valence-electron chi connectivity index (χ4n) is 2.07. The summed E-state index contributed by atoms with van der Waals surface area (Å²) in [5.41, 5.74) is 1.83. The number of benzene rings is 2. The van der Waals surface area contributed by atoms with Gasteiger partial charge in [-0.3, -0.25) is 10.0 Å². The molecular weight excluding hydrogens is 340 g/mol. The highest BCUT2D eigenvalue weighted by atomic mass is 32.2. The summed E-state index contributed by atoms with van der Waals surface area (Å²) in [5.74, 6) is 0. The Balaban J connectivity index is 2.03. The highest BCUT2D eigenvalue weighted by molar-refractivity contribution is 7.92. The lowest BCUT2D eigenvalue weighted by molar-refractivity contribution is 0.160. The fraction of sp³-hybridized carbons (Fsp3) is 0.278. The molecular formula is C18H22N2O4S. The topological polar surface area (TPSA) is 84.5 Å². The van der Waals surface area contributed by atoms with Crippen LogP contribution in [0.25, 0.3) is 0 Å². The number of anilines is 2. The SMILES string of the molecule is CCCCOC(=O)Nc1ccc(S(=O)(=O)Nc2ccccc2C)cc1. The van der Waals surface area contributed by atoms with E-state index >= 15 is 0 Å². The number of ether oxygens (including phenoxy) is 1. The first-order chi connectivity index (χ1) is 11.9. The summed E-state index contributed by atoms with van der Waals surface area (Å²) < 4.78 is 32.4. The quantitative estimate of drug-likeness (QED) is 0.725. The zero-order valence-electron chi connectivity index (χ0n) is 14.3. The van der Waals surface area contributed by atoms with Crippen LogP contribution < -0.4 is 10.0 Å². The lowest BCUT2D eigenvalue weighted by atomic mass is 10.2. The summed E-state index contributed by atoms with van der Waals surface area (Å²) in [4.78, 5) is 11.7. The monoisotopic (exact) mass is 362 g/mol. The number of carbonyl (C=O) groups is 1. The molecule has 134 valence electrons. The molecule has 25 heavy (non-hydrogen) atoms. The van der Waals surface area contributed by atoms with Gasteiger partial charge in [-0.25, -0.2) is 13.2 Å². The van der Waals surface area contributed by atoms with Crippen LogP contribution in [0.3, 0.4) is 0 Å². The summed E-state index contributed by atoms with van der Waals surface area (Å²) in [6, 6.07) is 13.0. The number of carbonyl (C=O) groups excluding carboxylic acids is 1. The van der Waals surface area contributed by atoms with Crippen molar-refractivity contribution in [1.82, 2.24) is 0 Å². The molecule has 0 atom stereocenters. The Morgan fingerprint density at radius 2 is 1.76 bits per heavy atom. The minimum Gasteiger partial charge on any atom is -0.449 e. The van der Waals surface area contributed by atoms with Gasteiger partial charge >= 0.3 is 6.09 Å². The Morgan fingerprint density at radius 3 is 2.40 bits per heavy atom. The molecule has 1 amide bonds. The number of aryl methyl sites for hydroxylation is 1. The predicted octanol–water partition coefficient (Wildman–Crippen LogP) is 4.14. The van der Waals surface area contributed by atoms with Gasteiger partial charge in [-0.05, 0) is 49.2 Å². The molecule has 2 N–H and O–H groups in total. The highest BCUT2D eigenvalue weighted by Crippen LogP contribution is 2.20. The predicted molar refractivity (Wildman–Crippen MR) is 98.3 cm³/mol. The molecule has 0 aromatic heterocycles. The van der Waals surface area contributed by atoms with Gasteiger partial charge in [0.15, 0.2) is 0 Å². The van der Waals surface area contributed by atoms with Crippen molar-refractivity contribution in [3.05, 3.63) is 54.1 Å². The number of nitrogens with one attached hydrogen (secondary N) is 2. The second-order valence-electron chi connectivity index (χ2n) is 5.56. The molecule has 0 aliphatic heterocycles. The molecule has 0 saturated heterocycles. The van der Waals surface area contributed by atoms with Gasteiger partial charge in [0, 0.05) is 5.69 Å². The van der Waals surface area contributed by atoms with Crippen LogP contribution in [0, 0.1) is 6.92 Å². The molecule has 2 aromatic carbocycles. The lowest BCUT2D eigenvalue weighted by Crippen LogP contribution is -2.15. The number of hydrogen-bond donors (Lipinski definition) is 2. The second kappa shape index (κ2) is 8.53. The normalized spacial score (nSPS) is 11.0. The van der Waals surface area contributed by atoms with E-state index in [0.29, 0.717) is 18.0 Å². The van der Waals surface area contributed by atoms with Crippen LogP contribution >= 0.6 is 0 Å². The molecule has 0 spiro atoms. The summed E-state index contributed by atoms with van der Waals surface area (Å²) >= 11 is 0. The van der Waals surface area contributed by atoms with Gasteiger partial charge in [0.05, 0.1) is 17.2 Å². The molecule has 0 unspecified atom stereocenters. The van der Waals surface area contributed by atoms with Crippen molar-refractivity contribution in [2.24, 2.45) is 0 Å². The first-order valence-electron chi connectivity index (χ1n) is 8.04. The average Bonchev–Trinajstić information content (AvgIpc) is 2.57. The minimum absolute atomic E-state index is 0.112. The van der Waals surface area contributed by atoms with E-state index in [1.807, 2.05) is 26.0 Å². The van der Waals surface area contributed by atoms with Crippen LogP contribution in [-0.4, -0.2) is 21.1 Å². The summed E-state index contributed by atoms with van der Waals surface area (Å²) in [5, 5.41) is 2.56. The summed E-state index contributed by atoms with van der Waals surface area (Å²) in [6.07, 6.45) is 1.19. The van der Waals surface area contributed by atoms with Gasteiger partial charge in [0.1, 0.15) is 0 Å². The van der Waals surface area contributed by atoms with Gasteiger partial charge in [-0.2, -0.15) is 0 Å². The van der Waals surface area contributed by atoms with Crippen molar-refractivity contribution in [3.63, 3.8) is 0 Å². The van der Waals surface area contributed by atoms with E-state index in [-0.39, 0.29) is 4.90 Å². The van der Waals surface area contributed by atoms with E-state index in [9.17, 15) is 13.2 Å². The second-order valence-corrected chi connectivity index (χ2v) is 7.24. The van der Waals surface area contributed by atoms with Crippen molar-refractivity contribution in [1.29, 1.82) is 0 Å². The number of sulfonamides is 1. The molecule has 0 heterocycles. The van der Waals surface area contributed by atoms with Crippen molar-refractivity contribution < 1.29 is 17.9 Å². The number of rotatable bonds is 7. The van der Waals surface area contributed by atoms with Crippen molar-refractivity contribution in [2.45, 2.75) is 31.6 Å². The van der Waals surface area contributed by atoms with Gasteiger partial charge in [0.25, 0.3) is 10.0 Å². The van der Waals surface area contributed by atoms with E-state index in [4.69, 9.17) is 4.74 Å². The standard InChI is InChI=1S/C18H22N2O4S/c1-3-4-13-24-18(21)19-15-9-11-16(12-10-15)25(22,23)20-17-8-6-5-7-14(17)2/h5-12,20H,3-4,13H2,1-2H3,(H,19,21). The van der Waals surface area contributed by atoms with Crippen LogP contribution in [0.4, 0.5) is 16.2 Å². The average molecular weight is 362 g/mol. The molecule has 6 nitrogen and oxygen atoms in total. The van der Waals surface area contributed by atoms with Gasteiger partial charge in [-0.1, -0.05) is 31.5 Å². The van der Waals surface area contributed by atoms with Gasteiger partial charge < -0.3 is 4.74 Å². The zero-order chi connectivity index (χ0) is 18.3. The molecule has 0 saturated carbocycles. The highest BCUT2D eigenvalue weighted by Gasteiger charge is 2.15. The van der Waals surface area contributed by atoms with E-state index < -0.39 is 16.1 Å². The number of unbranched alkanes of at least 4 members (excludes halogenated alkanes) is 1. The van der Waals surface area contributed by atoms with Gasteiger partial charge in [0.2, 0.25) is 0 Å². The van der Waals surface area contributed by atoms with Crippen LogP contribution in [0.5, 0.6) is 0 Å². The number of hydrogen-bond acceptors (Lipinski definition) is 4. The Hall–Kier alpha value is -2.54. The molecule has 0 bridgehead atoms. The molecule has 0 fully saturated rings. The van der Waals surface area contributed by atoms with Crippen LogP contribution in [-0.2, 0) is 14.8 Å². The zero-order valence-corrected chi connectivity index (χ0v) is 15.1. The summed E-state index contributed by atoms with van der Waals surface area (Å²) in [7, 11) is -3.69. The third kappa shape index (κ3) is 5.49. The smallest absolute Gasteiger partial charge is 0.411 e. The van der Waals surface area contributed by atoms with Crippen LogP contribution in [0.2, 0.25) is 0 Å². The maximum Gasteiger partial charge on any atom is 0.411 e. The van der Waals surface area contributed by atoms with Crippen LogP contribution in [0.1, 0.15) is 25.3 Å². The van der Waals surface area contributed by atoms with E-state index in [1.54, 1.807) is 12.1 Å². The molecule has 0 aliphatic rings. The van der Waals surface area contributed by atoms with Gasteiger partial charge in [-0.15, -0.1) is 0 Å². The van der Waals surface area contributed by atoms with E-state index in [1.165, 1.54) is 24.3 Å². The van der Waals surface area contributed by atoms with Crippen molar-refractivity contribution in [3.8, 4) is 0 Å². The van der Waals surface area contributed by atoms with Crippen molar-refractivity contribution >= 4 is 27.5 Å². The van der Waals surface area contributed by atoms with Crippen molar-refractivity contribution in [2.75, 3.05) is 16.6 Å². The Bertz CT molecular complexity index is 817. The third-order valence-corrected chi connectivity index (χ3v) is 4.91. The first-order valence-corrected chi connectivity index (χ1v) is 9.53. The Labute approximate surface area is 148 Å². The van der Waals surface area contributed by atoms with E-state index in [0.717, 1.165) is 18.4 Å².